The zero-order valence-corrected chi connectivity index (χ0v) is 17.6. The molecule has 1 saturated heterocycles. The van der Waals surface area contributed by atoms with Crippen molar-refractivity contribution in [3.63, 3.8) is 0 Å². The number of aryl methyl sites for hydroxylation is 1. The molecule has 30 heavy (non-hydrogen) atoms. The number of carbonyl (C=O) groups is 2. The molecule has 0 saturated carbocycles. The molecule has 1 heterocycles. The molecule has 1 aliphatic rings. The Morgan fingerprint density at radius 3 is 2.57 bits per heavy atom. The summed E-state index contributed by atoms with van der Waals surface area (Å²) >= 11 is 0. The largest absolute Gasteiger partial charge is 0.341 e. The molecule has 0 spiro atoms. The predicted octanol–water partition coefficient (Wildman–Crippen LogP) is 2.72. The van der Waals surface area contributed by atoms with Gasteiger partial charge >= 0.3 is 0 Å². The number of rotatable bonds is 5. The highest BCUT2D eigenvalue weighted by Gasteiger charge is 2.24. The first-order chi connectivity index (χ1) is 14.5. The summed E-state index contributed by atoms with van der Waals surface area (Å²) in [5.74, 6) is -0.270. The number of nitriles is 1. The number of carbonyl (C=O) groups excluding carboxylic acids is 2. The molecule has 1 N–H and O–H groups in total. The standard InChI is InChI=1S/C24H28N4O2/c1-18-5-3-6-22(15-18)23(29)26-19(2)24(30)28-12-4-11-27(13-14-28)17-21-9-7-20(16-25)8-10-21/h3,5-10,15,19H,4,11-14,17H2,1-2H3,(H,26,29). The summed E-state index contributed by atoms with van der Waals surface area (Å²) in [7, 11) is 0. The predicted molar refractivity (Wildman–Crippen MR) is 116 cm³/mol. The topological polar surface area (TPSA) is 76.4 Å². The molecule has 0 aliphatic carbocycles. The number of nitrogens with zero attached hydrogens (tertiary/aromatic N) is 3. The quantitative estimate of drug-likeness (QED) is 0.831. The fraction of sp³-hybridized carbons (Fsp3) is 0.375. The molecule has 0 bridgehead atoms. The number of benzene rings is 2. The normalized spacial score (nSPS) is 15.7. The summed E-state index contributed by atoms with van der Waals surface area (Å²) in [5, 5.41) is 11.8. The molecule has 3 rings (SSSR count). The molecule has 1 aliphatic heterocycles. The Hall–Kier alpha value is -3.17. The zero-order chi connectivity index (χ0) is 21.5. The lowest BCUT2D eigenvalue weighted by atomic mass is 10.1. The van der Waals surface area contributed by atoms with Gasteiger partial charge in [0.1, 0.15) is 6.04 Å². The highest BCUT2D eigenvalue weighted by molar-refractivity contribution is 5.97. The molecule has 0 radical (unpaired) electrons. The second kappa shape index (κ2) is 10.0. The molecule has 2 amide bonds. The van der Waals surface area contributed by atoms with Crippen LogP contribution >= 0.6 is 0 Å². The third-order valence-electron chi connectivity index (χ3n) is 5.39. The van der Waals surface area contributed by atoms with Crippen LogP contribution in [0.2, 0.25) is 0 Å². The number of nitrogens with one attached hydrogen (secondary N) is 1. The fourth-order valence-electron chi connectivity index (χ4n) is 3.69. The molecular weight excluding hydrogens is 376 g/mol. The van der Waals surface area contributed by atoms with Crippen LogP contribution in [0.5, 0.6) is 0 Å². The van der Waals surface area contributed by atoms with Gasteiger partial charge in [-0.2, -0.15) is 5.26 Å². The van der Waals surface area contributed by atoms with Crippen LogP contribution in [0, 0.1) is 18.3 Å². The summed E-state index contributed by atoms with van der Waals surface area (Å²) in [6, 6.07) is 16.6. The van der Waals surface area contributed by atoms with Crippen molar-refractivity contribution in [2.45, 2.75) is 32.9 Å². The van der Waals surface area contributed by atoms with Crippen LogP contribution in [0.4, 0.5) is 0 Å². The van der Waals surface area contributed by atoms with Gasteiger partial charge < -0.3 is 10.2 Å². The maximum atomic E-state index is 12.9. The highest BCUT2D eigenvalue weighted by Crippen LogP contribution is 2.11. The summed E-state index contributed by atoms with van der Waals surface area (Å²) in [4.78, 5) is 29.5. The minimum Gasteiger partial charge on any atom is -0.341 e. The van der Waals surface area contributed by atoms with Crippen molar-refractivity contribution in [3.05, 3.63) is 70.8 Å². The first kappa shape index (κ1) is 21.5. The van der Waals surface area contributed by atoms with E-state index in [2.05, 4.69) is 16.3 Å². The van der Waals surface area contributed by atoms with Crippen molar-refractivity contribution in [2.75, 3.05) is 26.2 Å². The van der Waals surface area contributed by atoms with Crippen LogP contribution in [0.15, 0.2) is 48.5 Å². The van der Waals surface area contributed by atoms with E-state index in [4.69, 9.17) is 5.26 Å². The van der Waals surface area contributed by atoms with Crippen molar-refractivity contribution >= 4 is 11.8 Å². The molecule has 2 aromatic rings. The molecule has 1 fully saturated rings. The van der Waals surface area contributed by atoms with Crippen molar-refractivity contribution in [2.24, 2.45) is 0 Å². The minimum atomic E-state index is -0.567. The van der Waals surface area contributed by atoms with Crippen molar-refractivity contribution in [1.29, 1.82) is 5.26 Å². The van der Waals surface area contributed by atoms with Gasteiger partial charge in [-0.15, -0.1) is 0 Å². The van der Waals surface area contributed by atoms with Crippen LogP contribution < -0.4 is 5.32 Å². The summed E-state index contributed by atoms with van der Waals surface area (Å²) in [5.41, 5.74) is 3.40. The lowest BCUT2D eigenvalue weighted by Crippen LogP contribution is -2.48. The maximum absolute atomic E-state index is 12.9. The van der Waals surface area contributed by atoms with Crippen LogP contribution in [0.3, 0.4) is 0 Å². The molecule has 1 atom stereocenters. The third-order valence-corrected chi connectivity index (χ3v) is 5.39. The molecule has 6 nitrogen and oxygen atoms in total. The average Bonchev–Trinajstić information content (AvgIpc) is 2.99. The first-order valence-electron chi connectivity index (χ1n) is 10.3. The van der Waals surface area contributed by atoms with Gasteiger partial charge in [-0.05, 0) is 50.1 Å². The van der Waals surface area contributed by atoms with E-state index in [1.54, 1.807) is 13.0 Å². The zero-order valence-electron chi connectivity index (χ0n) is 17.6. The van der Waals surface area contributed by atoms with E-state index in [1.807, 2.05) is 54.3 Å². The van der Waals surface area contributed by atoms with Gasteiger partial charge in [-0.3, -0.25) is 14.5 Å². The first-order valence-corrected chi connectivity index (χ1v) is 10.3. The van der Waals surface area contributed by atoms with E-state index in [0.717, 1.165) is 37.2 Å². The van der Waals surface area contributed by atoms with Gasteiger partial charge in [0.25, 0.3) is 5.91 Å². The SMILES string of the molecule is Cc1cccc(C(=O)NC(C)C(=O)N2CCCN(Cc3ccc(C#N)cc3)CC2)c1. The Bertz CT molecular complexity index is 933. The lowest BCUT2D eigenvalue weighted by molar-refractivity contribution is -0.132. The van der Waals surface area contributed by atoms with Crippen LogP contribution in [-0.4, -0.2) is 53.8 Å². The number of amides is 2. The Labute approximate surface area is 178 Å². The summed E-state index contributed by atoms with van der Waals surface area (Å²) < 4.78 is 0. The van der Waals surface area contributed by atoms with Crippen molar-refractivity contribution < 1.29 is 9.59 Å². The Balaban J connectivity index is 1.52. The van der Waals surface area contributed by atoms with Crippen LogP contribution in [-0.2, 0) is 11.3 Å². The Morgan fingerprint density at radius 2 is 1.87 bits per heavy atom. The lowest BCUT2D eigenvalue weighted by Gasteiger charge is -2.25. The van der Waals surface area contributed by atoms with E-state index < -0.39 is 6.04 Å². The van der Waals surface area contributed by atoms with Gasteiger partial charge in [0, 0.05) is 38.3 Å². The monoisotopic (exact) mass is 404 g/mol. The smallest absolute Gasteiger partial charge is 0.251 e. The van der Waals surface area contributed by atoms with E-state index in [-0.39, 0.29) is 11.8 Å². The van der Waals surface area contributed by atoms with Crippen LogP contribution in [0.25, 0.3) is 0 Å². The van der Waals surface area contributed by atoms with Gasteiger partial charge in [0.15, 0.2) is 0 Å². The summed E-state index contributed by atoms with van der Waals surface area (Å²) in [6.07, 6.45) is 0.889. The van der Waals surface area contributed by atoms with Gasteiger partial charge in [0.2, 0.25) is 5.91 Å². The van der Waals surface area contributed by atoms with E-state index in [1.165, 1.54) is 0 Å². The highest BCUT2D eigenvalue weighted by atomic mass is 16.2. The second-order valence-electron chi connectivity index (χ2n) is 7.83. The van der Waals surface area contributed by atoms with E-state index in [9.17, 15) is 9.59 Å². The fourth-order valence-corrected chi connectivity index (χ4v) is 3.69. The molecule has 156 valence electrons. The van der Waals surface area contributed by atoms with Gasteiger partial charge in [-0.1, -0.05) is 29.8 Å². The molecular formula is C24H28N4O2. The molecule has 6 heteroatoms. The van der Waals surface area contributed by atoms with Crippen molar-refractivity contribution in [3.8, 4) is 6.07 Å². The van der Waals surface area contributed by atoms with Crippen molar-refractivity contribution in [1.82, 2.24) is 15.1 Å². The van der Waals surface area contributed by atoms with Crippen LogP contribution in [0.1, 0.15) is 40.4 Å². The molecule has 0 aromatic heterocycles. The summed E-state index contributed by atoms with van der Waals surface area (Å²) in [6.45, 7) is 7.50. The third kappa shape index (κ3) is 5.68. The average molecular weight is 405 g/mol. The van der Waals surface area contributed by atoms with E-state index >= 15 is 0 Å². The second-order valence-corrected chi connectivity index (χ2v) is 7.83. The number of hydrogen-bond acceptors (Lipinski definition) is 4. The minimum absolute atomic E-state index is 0.0452. The number of hydrogen-bond donors (Lipinski definition) is 1. The molecule has 2 aromatic carbocycles. The Morgan fingerprint density at radius 1 is 1.10 bits per heavy atom. The Kier molecular flexibility index (Phi) is 7.21. The van der Waals surface area contributed by atoms with Gasteiger partial charge in [-0.25, -0.2) is 0 Å². The molecule has 1 unspecified atom stereocenters. The van der Waals surface area contributed by atoms with Gasteiger partial charge in [0.05, 0.1) is 11.6 Å². The van der Waals surface area contributed by atoms with E-state index in [0.29, 0.717) is 24.2 Å². The maximum Gasteiger partial charge on any atom is 0.251 e.